The number of hydrogen-bond donors (Lipinski definition) is 1. The minimum absolute atomic E-state index is 0.0679. The Bertz CT molecular complexity index is 665. The lowest BCUT2D eigenvalue weighted by molar-refractivity contribution is -0.149. The number of alkyl halides is 2. The van der Waals surface area contributed by atoms with Gasteiger partial charge in [-0.05, 0) is 38.0 Å². The Kier molecular flexibility index (Phi) is 8.09. The van der Waals surface area contributed by atoms with E-state index in [1.54, 1.807) is 20.0 Å². The molecule has 0 radical (unpaired) electrons. The van der Waals surface area contributed by atoms with E-state index in [1.807, 2.05) is 4.90 Å². The summed E-state index contributed by atoms with van der Waals surface area (Å²) in [5, 5.41) is 3.57. The fourth-order valence-electron chi connectivity index (χ4n) is 2.99. The standard InChI is InChI=1S/C18H24ClF2N3O3/c1-3-26-16(25)12-6-8-24(9-7-12)18(22-2)23-11-13-10-14(19)4-5-15(13)27-17(20)21/h4-5,10,12,17H,3,6-9,11H2,1-2H3,(H,22,23). The third-order valence-corrected chi connectivity index (χ3v) is 4.54. The molecule has 6 nitrogen and oxygen atoms in total. The van der Waals surface area contributed by atoms with Gasteiger partial charge in [-0.1, -0.05) is 11.6 Å². The fraction of sp³-hybridized carbons (Fsp3) is 0.556. The van der Waals surface area contributed by atoms with Crippen LogP contribution < -0.4 is 10.1 Å². The predicted molar refractivity (Wildman–Crippen MR) is 99.2 cm³/mol. The van der Waals surface area contributed by atoms with Gasteiger partial charge in [-0.25, -0.2) is 0 Å². The molecule has 0 aromatic heterocycles. The van der Waals surface area contributed by atoms with E-state index >= 15 is 0 Å². The average molecular weight is 404 g/mol. The lowest BCUT2D eigenvalue weighted by atomic mass is 9.97. The van der Waals surface area contributed by atoms with Crippen LogP contribution >= 0.6 is 11.6 Å². The van der Waals surface area contributed by atoms with Crippen molar-refractivity contribution in [3.63, 3.8) is 0 Å². The normalized spacial score (nSPS) is 15.8. The zero-order valence-corrected chi connectivity index (χ0v) is 16.1. The van der Waals surface area contributed by atoms with Gasteiger partial charge in [0, 0.05) is 37.3 Å². The zero-order chi connectivity index (χ0) is 19.8. The predicted octanol–water partition coefficient (Wildman–Crippen LogP) is 3.29. The van der Waals surface area contributed by atoms with Crippen LogP contribution in [0.4, 0.5) is 8.78 Å². The summed E-state index contributed by atoms with van der Waals surface area (Å²) < 4.78 is 34.7. The summed E-state index contributed by atoms with van der Waals surface area (Å²) in [6.07, 6.45) is 1.35. The molecule has 1 heterocycles. The first-order valence-electron chi connectivity index (χ1n) is 8.80. The van der Waals surface area contributed by atoms with Crippen molar-refractivity contribution in [3.05, 3.63) is 28.8 Å². The number of carbonyl (C=O) groups is 1. The molecule has 0 spiro atoms. The number of nitrogens with one attached hydrogen (secondary N) is 1. The molecule has 1 fully saturated rings. The van der Waals surface area contributed by atoms with Crippen LogP contribution in [0.3, 0.4) is 0 Å². The van der Waals surface area contributed by atoms with Crippen LogP contribution in [0, 0.1) is 5.92 Å². The first kappa shape index (κ1) is 21.2. The van der Waals surface area contributed by atoms with Crippen molar-refractivity contribution in [2.45, 2.75) is 32.9 Å². The summed E-state index contributed by atoms with van der Waals surface area (Å²) in [6.45, 7) is 0.794. The number of carbonyl (C=O) groups excluding carboxylic acids is 1. The number of esters is 1. The van der Waals surface area contributed by atoms with E-state index in [0.29, 0.717) is 49.1 Å². The van der Waals surface area contributed by atoms with E-state index in [9.17, 15) is 13.6 Å². The molecule has 0 aliphatic carbocycles. The summed E-state index contributed by atoms with van der Waals surface area (Å²) in [7, 11) is 1.65. The van der Waals surface area contributed by atoms with Crippen LogP contribution in [0.25, 0.3) is 0 Å². The van der Waals surface area contributed by atoms with Crippen LogP contribution in [0.15, 0.2) is 23.2 Å². The highest BCUT2D eigenvalue weighted by Gasteiger charge is 2.27. The molecular formula is C18H24ClF2N3O3. The minimum Gasteiger partial charge on any atom is -0.466 e. The number of likely N-dealkylation sites (tertiary alicyclic amines) is 1. The smallest absolute Gasteiger partial charge is 0.387 e. The molecule has 1 aromatic carbocycles. The molecule has 2 rings (SSSR count). The quantitative estimate of drug-likeness (QED) is 0.448. The van der Waals surface area contributed by atoms with Gasteiger partial charge in [0.2, 0.25) is 0 Å². The van der Waals surface area contributed by atoms with Gasteiger partial charge in [-0.15, -0.1) is 0 Å². The molecular weight excluding hydrogens is 380 g/mol. The van der Waals surface area contributed by atoms with Crippen molar-refractivity contribution in [1.82, 2.24) is 10.2 Å². The molecule has 150 valence electrons. The third kappa shape index (κ3) is 6.23. The van der Waals surface area contributed by atoms with Crippen LogP contribution in [0.1, 0.15) is 25.3 Å². The van der Waals surface area contributed by atoms with Crippen molar-refractivity contribution >= 4 is 23.5 Å². The Morgan fingerprint density at radius 2 is 2.11 bits per heavy atom. The van der Waals surface area contributed by atoms with E-state index in [1.165, 1.54) is 12.1 Å². The molecule has 0 atom stereocenters. The number of piperidine rings is 1. The van der Waals surface area contributed by atoms with Crippen molar-refractivity contribution < 1.29 is 23.0 Å². The largest absolute Gasteiger partial charge is 0.466 e. The number of aliphatic imine (C=N–C) groups is 1. The SMILES string of the molecule is CCOC(=O)C1CCN(C(=NC)NCc2cc(Cl)ccc2OC(F)F)CC1. The van der Waals surface area contributed by atoms with Crippen molar-refractivity contribution in [3.8, 4) is 5.75 Å². The van der Waals surface area contributed by atoms with Crippen LogP contribution in [-0.4, -0.2) is 50.2 Å². The Morgan fingerprint density at radius 1 is 1.41 bits per heavy atom. The highest BCUT2D eigenvalue weighted by molar-refractivity contribution is 6.30. The van der Waals surface area contributed by atoms with Crippen molar-refractivity contribution in [2.75, 3.05) is 26.7 Å². The molecule has 1 saturated heterocycles. The zero-order valence-electron chi connectivity index (χ0n) is 15.4. The van der Waals surface area contributed by atoms with E-state index in [-0.39, 0.29) is 24.2 Å². The number of ether oxygens (including phenoxy) is 2. The molecule has 27 heavy (non-hydrogen) atoms. The number of rotatable bonds is 6. The topological polar surface area (TPSA) is 63.2 Å². The second-order valence-corrected chi connectivity index (χ2v) is 6.48. The van der Waals surface area contributed by atoms with Gasteiger partial charge in [-0.3, -0.25) is 9.79 Å². The highest BCUT2D eigenvalue weighted by Crippen LogP contribution is 2.25. The summed E-state index contributed by atoms with van der Waals surface area (Å²) >= 11 is 5.97. The molecule has 1 aliphatic rings. The summed E-state index contributed by atoms with van der Waals surface area (Å²) in [5.74, 6) is 0.435. The second kappa shape index (κ2) is 10.3. The van der Waals surface area contributed by atoms with Crippen LogP contribution in [-0.2, 0) is 16.1 Å². The van der Waals surface area contributed by atoms with Gasteiger partial charge in [-0.2, -0.15) is 8.78 Å². The Labute approximate surface area is 162 Å². The summed E-state index contributed by atoms with van der Waals surface area (Å²) in [6, 6.07) is 4.49. The second-order valence-electron chi connectivity index (χ2n) is 6.04. The van der Waals surface area contributed by atoms with Gasteiger partial charge in [0.1, 0.15) is 5.75 Å². The van der Waals surface area contributed by atoms with Gasteiger partial charge in [0.05, 0.1) is 12.5 Å². The van der Waals surface area contributed by atoms with Gasteiger partial charge < -0.3 is 19.7 Å². The third-order valence-electron chi connectivity index (χ3n) is 4.30. The summed E-state index contributed by atoms with van der Waals surface area (Å²) in [5.41, 5.74) is 0.505. The molecule has 1 N–H and O–H groups in total. The maximum absolute atomic E-state index is 12.6. The Hall–Kier alpha value is -2.09. The molecule has 9 heteroatoms. The monoisotopic (exact) mass is 403 g/mol. The average Bonchev–Trinajstić information content (AvgIpc) is 2.64. The number of guanidine groups is 1. The minimum atomic E-state index is -2.91. The maximum atomic E-state index is 12.6. The molecule has 1 aliphatic heterocycles. The number of hydrogen-bond acceptors (Lipinski definition) is 4. The van der Waals surface area contributed by atoms with E-state index in [4.69, 9.17) is 16.3 Å². The van der Waals surface area contributed by atoms with Gasteiger partial charge in [0.25, 0.3) is 0 Å². The first-order chi connectivity index (χ1) is 12.9. The van der Waals surface area contributed by atoms with Crippen molar-refractivity contribution in [2.24, 2.45) is 10.9 Å². The lowest BCUT2D eigenvalue weighted by Crippen LogP contribution is -2.46. The van der Waals surface area contributed by atoms with Crippen LogP contribution in [0.5, 0.6) is 5.75 Å². The Balaban J connectivity index is 1.95. The number of halogens is 3. The number of benzene rings is 1. The van der Waals surface area contributed by atoms with E-state index < -0.39 is 6.61 Å². The summed E-state index contributed by atoms with van der Waals surface area (Å²) in [4.78, 5) is 18.1. The number of nitrogens with zero attached hydrogens (tertiary/aromatic N) is 2. The highest BCUT2D eigenvalue weighted by atomic mass is 35.5. The molecule has 0 saturated carbocycles. The van der Waals surface area contributed by atoms with E-state index in [0.717, 1.165) is 0 Å². The van der Waals surface area contributed by atoms with Gasteiger partial charge in [0.15, 0.2) is 5.96 Å². The Morgan fingerprint density at radius 3 is 2.70 bits per heavy atom. The molecule has 0 bridgehead atoms. The fourth-order valence-corrected chi connectivity index (χ4v) is 3.19. The lowest BCUT2D eigenvalue weighted by Gasteiger charge is -2.33. The molecule has 0 unspecified atom stereocenters. The van der Waals surface area contributed by atoms with Crippen LogP contribution in [0.2, 0.25) is 5.02 Å². The first-order valence-corrected chi connectivity index (χ1v) is 9.17. The van der Waals surface area contributed by atoms with E-state index in [2.05, 4.69) is 15.0 Å². The molecule has 0 amide bonds. The van der Waals surface area contributed by atoms with Gasteiger partial charge >= 0.3 is 12.6 Å². The van der Waals surface area contributed by atoms with Crippen molar-refractivity contribution in [1.29, 1.82) is 0 Å². The maximum Gasteiger partial charge on any atom is 0.387 e. The molecule has 1 aromatic rings.